The minimum absolute atomic E-state index is 0.0455. The fourth-order valence-corrected chi connectivity index (χ4v) is 1.63. The van der Waals surface area contributed by atoms with Gasteiger partial charge in [0.1, 0.15) is 12.4 Å². The normalized spacial score (nSPS) is 12.4. The third-order valence-electron chi connectivity index (χ3n) is 2.34. The molecular weight excluding hydrogens is 240 g/mol. The number of nitrogens with zero attached hydrogens (tertiary/aromatic N) is 1. The molecule has 17 heavy (non-hydrogen) atoms. The Hall–Kier alpha value is -1.52. The van der Waals surface area contributed by atoms with Crippen LogP contribution in [-0.4, -0.2) is 5.16 Å². The third-order valence-corrected chi connectivity index (χ3v) is 2.64. The van der Waals surface area contributed by atoms with Crippen LogP contribution in [-0.2, 0) is 6.61 Å². The molecule has 0 radical (unpaired) electrons. The van der Waals surface area contributed by atoms with Crippen molar-refractivity contribution in [1.82, 2.24) is 5.16 Å². The van der Waals surface area contributed by atoms with E-state index in [0.29, 0.717) is 23.1 Å². The van der Waals surface area contributed by atoms with E-state index >= 15 is 0 Å². The van der Waals surface area contributed by atoms with Gasteiger partial charge in [0.2, 0.25) is 0 Å². The molecule has 0 aliphatic rings. The molecule has 1 heterocycles. The molecule has 0 saturated heterocycles. The van der Waals surface area contributed by atoms with Gasteiger partial charge in [0, 0.05) is 12.1 Å². The molecule has 4 nitrogen and oxygen atoms in total. The van der Waals surface area contributed by atoms with Crippen molar-refractivity contribution in [2.24, 2.45) is 5.73 Å². The average molecular weight is 253 g/mol. The van der Waals surface area contributed by atoms with Gasteiger partial charge in [0.25, 0.3) is 0 Å². The van der Waals surface area contributed by atoms with E-state index in [1.807, 2.05) is 19.1 Å². The molecule has 2 rings (SSSR count). The van der Waals surface area contributed by atoms with E-state index in [-0.39, 0.29) is 6.04 Å². The van der Waals surface area contributed by atoms with Crippen LogP contribution in [0.1, 0.15) is 24.3 Å². The molecule has 0 spiro atoms. The van der Waals surface area contributed by atoms with Crippen LogP contribution in [0.2, 0.25) is 5.02 Å². The highest BCUT2D eigenvalue weighted by Gasteiger charge is 2.07. The Balaban J connectivity index is 2.06. The predicted molar refractivity (Wildman–Crippen MR) is 64.9 cm³/mol. The molecule has 0 aliphatic heterocycles. The SMILES string of the molecule is C[C@H](N)c1ccc(OCc2ccno2)c(Cl)c1. The van der Waals surface area contributed by atoms with Crippen LogP contribution < -0.4 is 10.5 Å². The summed E-state index contributed by atoms with van der Waals surface area (Å²) in [5, 5.41) is 4.13. The van der Waals surface area contributed by atoms with Gasteiger partial charge in [-0.3, -0.25) is 0 Å². The molecule has 0 unspecified atom stereocenters. The smallest absolute Gasteiger partial charge is 0.174 e. The molecule has 0 amide bonds. The van der Waals surface area contributed by atoms with Crippen molar-refractivity contribution in [3.8, 4) is 5.75 Å². The van der Waals surface area contributed by atoms with Crippen molar-refractivity contribution in [1.29, 1.82) is 0 Å². The second-order valence-corrected chi connectivity index (χ2v) is 4.15. The largest absolute Gasteiger partial charge is 0.484 e. The van der Waals surface area contributed by atoms with E-state index in [1.165, 1.54) is 0 Å². The predicted octanol–water partition coefficient (Wildman–Crippen LogP) is 2.93. The number of benzene rings is 1. The van der Waals surface area contributed by atoms with Crippen molar-refractivity contribution in [3.05, 3.63) is 46.8 Å². The van der Waals surface area contributed by atoms with Crippen LogP contribution in [0.4, 0.5) is 0 Å². The van der Waals surface area contributed by atoms with E-state index in [9.17, 15) is 0 Å². The Labute approximate surface area is 104 Å². The maximum atomic E-state index is 6.09. The summed E-state index contributed by atoms with van der Waals surface area (Å²) in [4.78, 5) is 0. The highest BCUT2D eigenvalue weighted by atomic mass is 35.5. The molecule has 2 aromatic rings. The maximum absolute atomic E-state index is 6.09. The van der Waals surface area contributed by atoms with Gasteiger partial charge in [0.15, 0.2) is 5.76 Å². The van der Waals surface area contributed by atoms with Crippen molar-refractivity contribution in [2.75, 3.05) is 0 Å². The lowest BCUT2D eigenvalue weighted by Crippen LogP contribution is -2.05. The second kappa shape index (κ2) is 5.21. The summed E-state index contributed by atoms with van der Waals surface area (Å²) in [6.07, 6.45) is 1.57. The van der Waals surface area contributed by atoms with E-state index in [2.05, 4.69) is 5.16 Å². The average Bonchev–Trinajstić information content (AvgIpc) is 2.80. The van der Waals surface area contributed by atoms with Crippen LogP contribution in [0.3, 0.4) is 0 Å². The van der Waals surface area contributed by atoms with Crippen LogP contribution in [0, 0.1) is 0 Å². The Morgan fingerprint density at radius 3 is 2.88 bits per heavy atom. The van der Waals surface area contributed by atoms with Gasteiger partial charge >= 0.3 is 0 Å². The molecule has 0 bridgehead atoms. The zero-order valence-corrected chi connectivity index (χ0v) is 10.1. The topological polar surface area (TPSA) is 61.3 Å². The fourth-order valence-electron chi connectivity index (χ4n) is 1.38. The minimum Gasteiger partial charge on any atom is -0.484 e. The number of halogens is 1. The maximum Gasteiger partial charge on any atom is 0.174 e. The van der Waals surface area contributed by atoms with Gasteiger partial charge in [-0.2, -0.15) is 0 Å². The summed E-state index contributed by atoms with van der Waals surface area (Å²) < 4.78 is 10.4. The van der Waals surface area contributed by atoms with Crippen LogP contribution in [0.15, 0.2) is 35.0 Å². The molecule has 90 valence electrons. The summed E-state index contributed by atoms with van der Waals surface area (Å²) in [6.45, 7) is 2.21. The van der Waals surface area contributed by atoms with Gasteiger partial charge in [-0.25, -0.2) is 0 Å². The first-order valence-corrected chi connectivity index (χ1v) is 5.62. The molecule has 1 aromatic heterocycles. The van der Waals surface area contributed by atoms with Gasteiger partial charge in [-0.15, -0.1) is 0 Å². The second-order valence-electron chi connectivity index (χ2n) is 3.75. The van der Waals surface area contributed by atoms with Crippen molar-refractivity contribution in [2.45, 2.75) is 19.6 Å². The first-order valence-electron chi connectivity index (χ1n) is 5.24. The van der Waals surface area contributed by atoms with Gasteiger partial charge in [0.05, 0.1) is 11.2 Å². The van der Waals surface area contributed by atoms with Gasteiger partial charge in [-0.05, 0) is 24.6 Å². The molecule has 2 N–H and O–H groups in total. The molecule has 0 aliphatic carbocycles. The number of hydrogen-bond acceptors (Lipinski definition) is 4. The summed E-state index contributed by atoms with van der Waals surface area (Å²) in [5.74, 6) is 1.25. The van der Waals surface area contributed by atoms with E-state index in [1.54, 1.807) is 18.3 Å². The first-order chi connectivity index (χ1) is 8.16. The molecule has 1 aromatic carbocycles. The number of aromatic nitrogens is 1. The highest BCUT2D eigenvalue weighted by Crippen LogP contribution is 2.27. The Kier molecular flexibility index (Phi) is 3.66. The first kappa shape index (κ1) is 12.0. The van der Waals surface area contributed by atoms with Crippen LogP contribution in [0.25, 0.3) is 0 Å². The Bertz CT molecular complexity index is 483. The summed E-state index contributed by atoms with van der Waals surface area (Å²) >= 11 is 6.09. The van der Waals surface area contributed by atoms with Crippen LogP contribution >= 0.6 is 11.6 Å². The lowest BCUT2D eigenvalue weighted by Gasteiger charge is -2.10. The van der Waals surface area contributed by atoms with E-state index in [0.717, 1.165) is 5.56 Å². The molecular formula is C12H13ClN2O2. The number of hydrogen-bond donors (Lipinski definition) is 1. The van der Waals surface area contributed by atoms with Gasteiger partial charge < -0.3 is 15.0 Å². The number of nitrogens with two attached hydrogens (primary N) is 1. The molecule has 0 saturated carbocycles. The Morgan fingerprint density at radius 2 is 2.29 bits per heavy atom. The number of ether oxygens (including phenoxy) is 1. The molecule has 1 atom stereocenters. The van der Waals surface area contributed by atoms with E-state index in [4.69, 9.17) is 26.6 Å². The zero-order valence-electron chi connectivity index (χ0n) is 9.39. The van der Waals surface area contributed by atoms with E-state index < -0.39 is 0 Å². The summed E-state index contributed by atoms with van der Waals surface area (Å²) in [5.41, 5.74) is 6.74. The van der Waals surface area contributed by atoms with Crippen molar-refractivity contribution in [3.63, 3.8) is 0 Å². The summed E-state index contributed by atoms with van der Waals surface area (Å²) in [7, 11) is 0. The van der Waals surface area contributed by atoms with Crippen molar-refractivity contribution < 1.29 is 9.26 Å². The lowest BCUT2D eigenvalue weighted by molar-refractivity contribution is 0.249. The summed E-state index contributed by atoms with van der Waals surface area (Å²) in [6, 6.07) is 7.20. The lowest BCUT2D eigenvalue weighted by atomic mass is 10.1. The fraction of sp³-hybridized carbons (Fsp3) is 0.250. The highest BCUT2D eigenvalue weighted by molar-refractivity contribution is 6.32. The third kappa shape index (κ3) is 2.99. The zero-order chi connectivity index (χ0) is 12.3. The van der Waals surface area contributed by atoms with Gasteiger partial charge in [-0.1, -0.05) is 22.8 Å². The van der Waals surface area contributed by atoms with Crippen LogP contribution in [0.5, 0.6) is 5.75 Å². The number of rotatable bonds is 4. The molecule has 5 heteroatoms. The quantitative estimate of drug-likeness (QED) is 0.909. The molecule has 0 fully saturated rings. The monoisotopic (exact) mass is 252 g/mol. The Morgan fingerprint density at radius 1 is 1.47 bits per heavy atom. The standard InChI is InChI=1S/C12H13ClN2O2/c1-8(14)9-2-3-12(11(13)6-9)16-7-10-4-5-15-17-10/h2-6,8H,7,14H2,1H3/t8-/m0/s1. The van der Waals surface area contributed by atoms with Crippen molar-refractivity contribution >= 4 is 11.6 Å². The minimum atomic E-state index is -0.0455.